The zero-order valence-electron chi connectivity index (χ0n) is 12.0. The molecule has 1 atom stereocenters. The summed E-state index contributed by atoms with van der Waals surface area (Å²) in [6, 6.07) is 0. The highest BCUT2D eigenvalue weighted by Gasteiger charge is 2.33. The summed E-state index contributed by atoms with van der Waals surface area (Å²) in [5, 5.41) is 8.34. The van der Waals surface area contributed by atoms with Gasteiger partial charge in [0.1, 0.15) is 5.82 Å². The molecule has 19 heavy (non-hydrogen) atoms. The third-order valence-electron chi connectivity index (χ3n) is 4.16. The van der Waals surface area contributed by atoms with Crippen LogP contribution in [-0.2, 0) is 24.3 Å². The number of aryl methyl sites for hydroxylation is 1. The molecule has 0 spiro atoms. The van der Waals surface area contributed by atoms with Crippen LogP contribution in [0, 0.1) is 5.41 Å². The van der Waals surface area contributed by atoms with Gasteiger partial charge >= 0.3 is 0 Å². The average molecular weight is 265 g/mol. The minimum absolute atomic E-state index is 0.0767. The second-order valence-electron chi connectivity index (χ2n) is 5.57. The molecule has 0 saturated heterocycles. The van der Waals surface area contributed by atoms with Crippen molar-refractivity contribution < 1.29 is 4.79 Å². The van der Waals surface area contributed by atoms with Gasteiger partial charge in [-0.15, -0.1) is 10.2 Å². The fraction of sp³-hybridized carbons (Fsp3) is 0.769. The van der Waals surface area contributed by atoms with Crippen LogP contribution in [0.15, 0.2) is 0 Å². The quantitative estimate of drug-likeness (QED) is 0.844. The number of nitrogens with two attached hydrogens (primary N) is 1. The first-order valence-electron chi connectivity index (χ1n) is 6.88. The molecule has 0 bridgehead atoms. The zero-order chi connectivity index (χ0) is 14.0. The second kappa shape index (κ2) is 5.28. The Kier molecular flexibility index (Phi) is 3.89. The summed E-state index contributed by atoms with van der Waals surface area (Å²) >= 11 is 0. The van der Waals surface area contributed by atoms with E-state index in [1.807, 2.05) is 20.9 Å². The predicted octanol–water partition coefficient (Wildman–Crippen LogP) is 0.558. The molecule has 0 fully saturated rings. The lowest BCUT2D eigenvalue weighted by Gasteiger charge is -2.30. The predicted molar refractivity (Wildman–Crippen MR) is 72.3 cm³/mol. The van der Waals surface area contributed by atoms with Gasteiger partial charge in [-0.25, -0.2) is 0 Å². The Balaban J connectivity index is 2.08. The standard InChI is InChI=1S/C13H23N5O/c1-4-13(2,9-14)12(19)17(3)8-11-16-15-10-6-5-7-18(10)11/h4-9,14H2,1-3H3. The number of aromatic nitrogens is 3. The first-order chi connectivity index (χ1) is 9.01. The third kappa shape index (κ3) is 2.49. The van der Waals surface area contributed by atoms with E-state index in [-0.39, 0.29) is 5.91 Å². The van der Waals surface area contributed by atoms with E-state index in [0.717, 1.165) is 37.5 Å². The minimum atomic E-state index is -0.484. The molecular formula is C13H23N5O. The number of rotatable bonds is 5. The SMILES string of the molecule is CCC(C)(CN)C(=O)N(C)Cc1nnc2n1CCC2. The summed E-state index contributed by atoms with van der Waals surface area (Å²) in [4.78, 5) is 14.2. The van der Waals surface area contributed by atoms with E-state index in [4.69, 9.17) is 5.73 Å². The Morgan fingerprint density at radius 1 is 1.53 bits per heavy atom. The lowest BCUT2D eigenvalue weighted by atomic mass is 9.86. The van der Waals surface area contributed by atoms with Gasteiger partial charge in [0.05, 0.1) is 12.0 Å². The molecular weight excluding hydrogens is 242 g/mol. The summed E-state index contributed by atoms with van der Waals surface area (Å²) in [6.45, 7) is 5.74. The highest BCUT2D eigenvalue weighted by atomic mass is 16.2. The third-order valence-corrected chi connectivity index (χ3v) is 4.16. The van der Waals surface area contributed by atoms with Crippen molar-refractivity contribution in [3.05, 3.63) is 11.6 Å². The summed E-state index contributed by atoms with van der Waals surface area (Å²) in [7, 11) is 1.81. The topological polar surface area (TPSA) is 77.0 Å². The number of amides is 1. The normalized spacial score (nSPS) is 17.1. The van der Waals surface area contributed by atoms with E-state index in [1.165, 1.54) is 0 Å². The Labute approximate surface area is 114 Å². The van der Waals surface area contributed by atoms with Crippen LogP contribution in [0.4, 0.5) is 0 Å². The molecule has 1 aromatic heterocycles. The number of fused-ring (bicyclic) bond motifs is 1. The monoisotopic (exact) mass is 265 g/mol. The lowest BCUT2D eigenvalue weighted by Crippen LogP contribution is -2.44. The first kappa shape index (κ1) is 14.0. The first-order valence-corrected chi connectivity index (χ1v) is 6.88. The van der Waals surface area contributed by atoms with E-state index < -0.39 is 5.41 Å². The van der Waals surface area contributed by atoms with Gasteiger partial charge in [0, 0.05) is 26.6 Å². The zero-order valence-corrected chi connectivity index (χ0v) is 12.0. The van der Waals surface area contributed by atoms with Gasteiger partial charge in [-0.3, -0.25) is 4.79 Å². The van der Waals surface area contributed by atoms with Gasteiger partial charge < -0.3 is 15.2 Å². The van der Waals surface area contributed by atoms with Gasteiger partial charge in [-0.2, -0.15) is 0 Å². The van der Waals surface area contributed by atoms with Gasteiger partial charge in [0.15, 0.2) is 5.82 Å². The molecule has 2 heterocycles. The molecule has 0 aromatic carbocycles. The summed E-state index contributed by atoms with van der Waals surface area (Å²) in [5.41, 5.74) is 5.26. The van der Waals surface area contributed by atoms with Crippen molar-refractivity contribution in [3.63, 3.8) is 0 Å². The number of hydrogen-bond acceptors (Lipinski definition) is 4. The van der Waals surface area contributed by atoms with Gasteiger partial charge in [0.25, 0.3) is 0 Å². The summed E-state index contributed by atoms with van der Waals surface area (Å²) in [5.74, 6) is 1.99. The van der Waals surface area contributed by atoms with Crippen LogP contribution < -0.4 is 5.73 Å². The molecule has 6 nitrogen and oxygen atoms in total. The van der Waals surface area contributed by atoms with E-state index in [2.05, 4.69) is 14.8 Å². The molecule has 0 saturated carbocycles. The van der Waals surface area contributed by atoms with Crippen LogP contribution >= 0.6 is 0 Å². The van der Waals surface area contributed by atoms with E-state index >= 15 is 0 Å². The van der Waals surface area contributed by atoms with Crippen LogP contribution in [0.3, 0.4) is 0 Å². The van der Waals surface area contributed by atoms with E-state index in [1.54, 1.807) is 4.90 Å². The van der Waals surface area contributed by atoms with Crippen molar-refractivity contribution in [1.82, 2.24) is 19.7 Å². The van der Waals surface area contributed by atoms with E-state index in [9.17, 15) is 4.79 Å². The van der Waals surface area contributed by atoms with Gasteiger partial charge in [-0.05, 0) is 19.8 Å². The second-order valence-corrected chi connectivity index (χ2v) is 5.57. The molecule has 1 amide bonds. The maximum atomic E-state index is 12.4. The highest BCUT2D eigenvalue weighted by Crippen LogP contribution is 2.23. The molecule has 6 heteroatoms. The smallest absolute Gasteiger partial charge is 0.229 e. The van der Waals surface area contributed by atoms with Crippen molar-refractivity contribution in [2.75, 3.05) is 13.6 Å². The highest BCUT2D eigenvalue weighted by molar-refractivity contribution is 5.82. The molecule has 106 valence electrons. The Morgan fingerprint density at radius 3 is 2.89 bits per heavy atom. The summed E-state index contributed by atoms with van der Waals surface area (Å²) in [6.07, 6.45) is 2.84. The fourth-order valence-electron chi connectivity index (χ4n) is 2.46. The summed E-state index contributed by atoms with van der Waals surface area (Å²) < 4.78 is 2.12. The minimum Gasteiger partial charge on any atom is -0.338 e. The molecule has 0 radical (unpaired) electrons. The maximum Gasteiger partial charge on any atom is 0.229 e. The van der Waals surface area contributed by atoms with Crippen molar-refractivity contribution in [3.8, 4) is 0 Å². The number of hydrogen-bond donors (Lipinski definition) is 1. The Hall–Kier alpha value is -1.43. The molecule has 1 aromatic rings. The molecule has 0 aliphatic carbocycles. The number of carbonyl (C=O) groups excluding carboxylic acids is 1. The van der Waals surface area contributed by atoms with Crippen LogP contribution in [0.2, 0.25) is 0 Å². The van der Waals surface area contributed by atoms with Crippen molar-refractivity contribution in [2.24, 2.45) is 11.1 Å². The van der Waals surface area contributed by atoms with Crippen molar-refractivity contribution >= 4 is 5.91 Å². The number of carbonyl (C=O) groups is 1. The van der Waals surface area contributed by atoms with Crippen molar-refractivity contribution in [1.29, 1.82) is 0 Å². The Bertz CT molecular complexity index is 464. The Morgan fingerprint density at radius 2 is 2.26 bits per heavy atom. The number of nitrogens with zero attached hydrogens (tertiary/aromatic N) is 4. The average Bonchev–Trinajstić information content (AvgIpc) is 3.01. The van der Waals surface area contributed by atoms with Crippen molar-refractivity contribution in [2.45, 2.75) is 46.2 Å². The van der Waals surface area contributed by atoms with Crippen LogP contribution in [-0.4, -0.2) is 39.2 Å². The maximum absolute atomic E-state index is 12.4. The van der Waals surface area contributed by atoms with Crippen LogP contribution in [0.5, 0.6) is 0 Å². The molecule has 1 unspecified atom stereocenters. The van der Waals surface area contributed by atoms with E-state index in [0.29, 0.717) is 13.1 Å². The van der Waals surface area contributed by atoms with Gasteiger partial charge in [-0.1, -0.05) is 6.92 Å². The van der Waals surface area contributed by atoms with Crippen LogP contribution in [0.1, 0.15) is 38.3 Å². The lowest BCUT2D eigenvalue weighted by molar-refractivity contribution is -0.140. The molecule has 1 aliphatic heterocycles. The van der Waals surface area contributed by atoms with Gasteiger partial charge in [0.2, 0.25) is 5.91 Å². The largest absolute Gasteiger partial charge is 0.338 e. The molecule has 2 N–H and O–H groups in total. The van der Waals surface area contributed by atoms with Crippen LogP contribution in [0.25, 0.3) is 0 Å². The fourth-order valence-corrected chi connectivity index (χ4v) is 2.46. The molecule has 2 rings (SSSR count). The molecule has 1 aliphatic rings.